The third kappa shape index (κ3) is 5.87. The number of hydrogen-bond acceptors (Lipinski definition) is 8. The first-order valence-corrected chi connectivity index (χ1v) is 12.5. The summed E-state index contributed by atoms with van der Waals surface area (Å²) in [5.74, 6) is -0.518. The third-order valence-corrected chi connectivity index (χ3v) is 6.78. The molecule has 0 unspecified atom stereocenters. The minimum atomic E-state index is -1.11. The number of rotatable bonds is 9. The van der Waals surface area contributed by atoms with Crippen molar-refractivity contribution >= 4 is 45.0 Å². The number of nitrogens with two attached hydrogens (primary N) is 2. The number of carbonyl (C=O) groups is 3. The lowest BCUT2D eigenvalue weighted by atomic mass is 10.0. The molecule has 0 aliphatic rings. The van der Waals surface area contributed by atoms with E-state index in [1.54, 1.807) is 47.8 Å². The lowest BCUT2D eigenvalue weighted by Gasteiger charge is -2.24. The molecule has 3 amide bonds. The Labute approximate surface area is 217 Å². The van der Waals surface area contributed by atoms with Crippen LogP contribution in [0.2, 0.25) is 0 Å². The van der Waals surface area contributed by atoms with Crippen LogP contribution in [0.1, 0.15) is 37.0 Å². The summed E-state index contributed by atoms with van der Waals surface area (Å²) in [6.07, 6.45) is -0.257. The normalized spacial score (nSPS) is 12.4. The van der Waals surface area contributed by atoms with Crippen molar-refractivity contribution in [2.45, 2.75) is 38.5 Å². The zero-order valence-corrected chi connectivity index (χ0v) is 21.6. The maximum Gasteiger partial charge on any atom is 0.410 e. The molecule has 4 aromatic rings. The number of hydrogen-bond donors (Lipinski definition) is 3. The minimum absolute atomic E-state index is 0.116. The fourth-order valence-electron chi connectivity index (χ4n) is 3.88. The van der Waals surface area contributed by atoms with Crippen molar-refractivity contribution in [1.82, 2.24) is 24.8 Å². The summed E-state index contributed by atoms with van der Waals surface area (Å²) in [5.41, 5.74) is 12.3. The second-order valence-electron chi connectivity index (χ2n) is 9.35. The molecule has 0 saturated heterocycles. The molecule has 37 heavy (non-hydrogen) atoms. The summed E-state index contributed by atoms with van der Waals surface area (Å²) in [6.45, 7) is 2.89. The highest BCUT2D eigenvalue weighted by atomic mass is 32.1. The second kappa shape index (κ2) is 10.5. The maximum absolute atomic E-state index is 13.0. The summed E-state index contributed by atoms with van der Waals surface area (Å²) in [6, 6.07) is 12.8. The van der Waals surface area contributed by atoms with Gasteiger partial charge in [-0.25, -0.2) is 4.79 Å². The average Bonchev–Trinajstić information content (AvgIpc) is 3.45. The Morgan fingerprint density at radius 3 is 2.65 bits per heavy atom. The Morgan fingerprint density at radius 2 is 1.92 bits per heavy atom. The topological polar surface area (TPSA) is 158 Å². The zero-order valence-electron chi connectivity index (χ0n) is 20.8. The maximum atomic E-state index is 13.0. The van der Waals surface area contributed by atoms with Crippen LogP contribution in [0.5, 0.6) is 0 Å². The molecule has 1 atom stereocenters. The monoisotopic (exact) mass is 523 g/mol. The molecule has 0 bridgehead atoms. The van der Waals surface area contributed by atoms with Crippen molar-refractivity contribution in [1.29, 1.82) is 0 Å². The van der Waals surface area contributed by atoms with Crippen molar-refractivity contribution < 1.29 is 19.1 Å². The van der Waals surface area contributed by atoms with Crippen molar-refractivity contribution in [3.8, 4) is 0 Å². The molecular weight excluding hydrogens is 494 g/mol. The molecule has 0 saturated carbocycles. The van der Waals surface area contributed by atoms with Crippen LogP contribution in [-0.2, 0) is 27.4 Å². The van der Waals surface area contributed by atoms with Gasteiger partial charge in [0, 0.05) is 18.2 Å². The van der Waals surface area contributed by atoms with E-state index in [9.17, 15) is 14.4 Å². The van der Waals surface area contributed by atoms with Crippen molar-refractivity contribution in [2.75, 3.05) is 13.6 Å². The first-order chi connectivity index (χ1) is 17.5. The number of thiophene rings is 1. The molecule has 0 spiro atoms. The van der Waals surface area contributed by atoms with E-state index >= 15 is 0 Å². The van der Waals surface area contributed by atoms with Gasteiger partial charge in [0.2, 0.25) is 11.8 Å². The number of pyridine rings is 1. The minimum Gasteiger partial charge on any atom is -0.443 e. The number of aromatic nitrogens is 3. The molecule has 3 heterocycles. The molecule has 5 N–H and O–H groups in total. The molecule has 0 aliphatic carbocycles. The standard InChI is InChI=1S/C25H29N7O4S/c1-25(2,27)23(34)28-18(11-15-14-37-19-9-5-4-8-17(15)19)22-30-29-21-10-6-7-16(32(21)22)13-36-24(35)31(3)12-20(26)33/h4-10,14,18H,11-13,27H2,1-3H3,(H2,26,33)(H,28,34)/t18-/m1/s1. The number of amides is 3. The number of benzene rings is 1. The van der Waals surface area contributed by atoms with Crippen LogP contribution in [0.4, 0.5) is 4.79 Å². The van der Waals surface area contributed by atoms with Crippen molar-refractivity contribution in [3.63, 3.8) is 0 Å². The van der Waals surface area contributed by atoms with E-state index in [1.807, 2.05) is 24.3 Å². The Kier molecular flexibility index (Phi) is 7.41. The van der Waals surface area contributed by atoms with Crippen LogP contribution in [0, 0.1) is 0 Å². The molecule has 12 heteroatoms. The Morgan fingerprint density at radius 1 is 1.16 bits per heavy atom. The van der Waals surface area contributed by atoms with Crippen LogP contribution < -0.4 is 16.8 Å². The van der Waals surface area contributed by atoms with E-state index in [0.29, 0.717) is 23.6 Å². The molecular formula is C25H29N7O4S. The number of nitrogens with one attached hydrogen (secondary N) is 1. The van der Waals surface area contributed by atoms with E-state index in [-0.39, 0.29) is 19.1 Å². The third-order valence-electron chi connectivity index (χ3n) is 5.77. The van der Waals surface area contributed by atoms with Gasteiger partial charge in [-0.05, 0) is 48.4 Å². The summed E-state index contributed by atoms with van der Waals surface area (Å²) in [7, 11) is 1.42. The van der Waals surface area contributed by atoms with Gasteiger partial charge in [-0.3, -0.25) is 14.0 Å². The van der Waals surface area contributed by atoms with Gasteiger partial charge in [0.25, 0.3) is 0 Å². The van der Waals surface area contributed by atoms with E-state index in [0.717, 1.165) is 20.5 Å². The molecule has 4 rings (SSSR count). The van der Waals surface area contributed by atoms with Gasteiger partial charge in [0.1, 0.15) is 13.2 Å². The summed E-state index contributed by atoms with van der Waals surface area (Å²) in [4.78, 5) is 37.5. The fourth-order valence-corrected chi connectivity index (χ4v) is 4.85. The Bertz CT molecular complexity index is 1460. The summed E-state index contributed by atoms with van der Waals surface area (Å²) < 4.78 is 8.29. The van der Waals surface area contributed by atoms with Gasteiger partial charge in [-0.2, -0.15) is 0 Å². The Hall–Kier alpha value is -4.03. The predicted octanol–water partition coefficient (Wildman–Crippen LogP) is 2.13. The highest BCUT2D eigenvalue weighted by molar-refractivity contribution is 7.17. The van der Waals surface area contributed by atoms with Crippen LogP contribution in [0.25, 0.3) is 15.7 Å². The molecule has 0 aliphatic heterocycles. The van der Waals surface area contributed by atoms with E-state index < -0.39 is 23.6 Å². The summed E-state index contributed by atoms with van der Waals surface area (Å²) in [5, 5.41) is 14.9. The highest BCUT2D eigenvalue weighted by Crippen LogP contribution is 2.30. The SMILES string of the molecule is CN(CC(N)=O)C(=O)OCc1cccc2nnc([C@@H](Cc3csc4ccccc34)NC(=O)C(C)(C)N)n12. The lowest BCUT2D eigenvalue weighted by Crippen LogP contribution is -2.50. The average molecular weight is 524 g/mol. The first kappa shape index (κ1) is 26.0. The molecule has 1 aromatic carbocycles. The second-order valence-corrected chi connectivity index (χ2v) is 10.3. The molecule has 11 nitrogen and oxygen atoms in total. The van der Waals surface area contributed by atoms with Gasteiger partial charge in [0.15, 0.2) is 11.5 Å². The molecule has 194 valence electrons. The quantitative estimate of drug-likeness (QED) is 0.303. The Balaban J connectivity index is 1.69. The lowest BCUT2D eigenvalue weighted by molar-refractivity contribution is -0.126. The van der Waals surface area contributed by atoms with Crippen molar-refractivity contribution in [2.24, 2.45) is 11.5 Å². The number of fused-ring (bicyclic) bond motifs is 2. The van der Waals surface area contributed by atoms with E-state index in [1.165, 1.54) is 7.05 Å². The highest BCUT2D eigenvalue weighted by Gasteiger charge is 2.29. The number of ether oxygens (including phenoxy) is 1. The smallest absolute Gasteiger partial charge is 0.410 e. The number of nitrogens with zero attached hydrogens (tertiary/aromatic N) is 4. The zero-order chi connectivity index (χ0) is 26.7. The summed E-state index contributed by atoms with van der Waals surface area (Å²) >= 11 is 1.63. The van der Waals surface area contributed by atoms with Crippen molar-refractivity contribution in [3.05, 3.63) is 64.9 Å². The van der Waals surface area contributed by atoms with Gasteiger partial charge in [0.05, 0.1) is 17.3 Å². The van der Waals surface area contributed by atoms with Crippen LogP contribution >= 0.6 is 11.3 Å². The number of primary amides is 1. The largest absolute Gasteiger partial charge is 0.443 e. The molecule has 0 fully saturated rings. The van der Waals surface area contributed by atoms with Gasteiger partial charge in [-0.1, -0.05) is 24.3 Å². The number of likely N-dealkylation sites (N-methyl/N-ethyl adjacent to an activating group) is 1. The fraction of sp³-hybridized carbons (Fsp3) is 0.320. The van der Waals surface area contributed by atoms with Crippen LogP contribution in [-0.4, -0.2) is 56.5 Å². The van der Waals surface area contributed by atoms with Gasteiger partial charge in [-0.15, -0.1) is 21.5 Å². The van der Waals surface area contributed by atoms with E-state index in [4.69, 9.17) is 16.2 Å². The van der Waals surface area contributed by atoms with Gasteiger partial charge >= 0.3 is 6.09 Å². The molecule has 3 aromatic heterocycles. The predicted molar refractivity (Wildman–Crippen MR) is 140 cm³/mol. The van der Waals surface area contributed by atoms with Gasteiger partial charge < -0.3 is 26.4 Å². The van der Waals surface area contributed by atoms with Crippen LogP contribution in [0.15, 0.2) is 47.8 Å². The first-order valence-electron chi connectivity index (χ1n) is 11.6. The molecule has 0 radical (unpaired) electrons. The van der Waals surface area contributed by atoms with E-state index in [2.05, 4.69) is 20.9 Å². The van der Waals surface area contributed by atoms with Crippen LogP contribution in [0.3, 0.4) is 0 Å². The number of carbonyl (C=O) groups excluding carboxylic acids is 3.